The number of nitrogens with one attached hydrogen (secondary N) is 1. The van der Waals surface area contributed by atoms with Gasteiger partial charge in [0.05, 0.1) is 11.8 Å². The van der Waals surface area contributed by atoms with Gasteiger partial charge in [-0.05, 0) is 48.9 Å². The van der Waals surface area contributed by atoms with Gasteiger partial charge in [0.25, 0.3) is 5.91 Å². The van der Waals surface area contributed by atoms with Crippen molar-refractivity contribution in [1.29, 1.82) is 0 Å². The van der Waals surface area contributed by atoms with Crippen molar-refractivity contribution >= 4 is 22.5 Å². The Hall–Kier alpha value is -3.58. The van der Waals surface area contributed by atoms with E-state index < -0.39 is 12.1 Å². The van der Waals surface area contributed by atoms with Crippen molar-refractivity contribution in [2.45, 2.75) is 38.5 Å². The number of aryl methyl sites for hydroxylation is 1. The first-order valence-corrected chi connectivity index (χ1v) is 10.9. The van der Waals surface area contributed by atoms with E-state index in [1.807, 2.05) is 29.8 Å². The lowest BCUT2D eigenvalue weighted by Gasteiger charge is -2.20. The lowest BCUT2D eigenvalue weighted by molar-refractivity contribution is 0.0842. The smallest absolute Gasteiger partial charge is 0.268 e. The number of nitrogens with two attached hydrogens (primary N) is 1. The molecule has 1 amide bonds. The number of rotatable bonds is 10. The molecule has 0 aliphatic carbocycles. The molecular formula is C25H29N5O2. The molecule has 166 valence electrons. The zero-order chi connectivity index (χ0) is 22.5. The average molecular weight is 432 g/mol. The molecular weight excluding hydrogens is 402 g/mol. The maximum Gasteiger partial charge on any atom is 0.268 e. The van der Waals surface area contributed by atoms with Crippen LogP contribution >= 0.6 is 0 Å². The number of hydrogen-bond acceptors (Lipinski definition) is 4. The fourth-order valence-electron chi connectivity index (χ4n) is 3.93. The predicted molar refractivity (Wildman–Crippen MR) is 127 cm³/mol. The van der Waals surface area contributed by atoms with Crippen LogP contribution in [0.15, 0.2) is 73.3 Å². The molecule has 7 heteroatoms. The molecule has 32 heavy (non-hydrogen) atoms. The maximum atomic E-state index is 11.3. The number of carbonyl (C=O) groups is 1. The van der Waals surface area contributed by atoms with Crippen molar-refractivity contribution in [3.05, 3.63) is 84.6 Å². The van der Waals surface area contributed by atoms with Gasteiger partial charge in [-0.15, -0.1) is 0 Å². The molecule has 0 aliphatic rings. The molecule has 0 radical (unpaired) electrons. The van der Waals surface area contributed by atoms with Gasteiger partial charge in [-0.1, -0.05) is 36.4 Å². The molecule has 2 heterocycles. The minimum atomic E-state index is -0.713. The Bertz CT molecular complexity index is 1180. The number of nitrogens with zero attached hydrogens (tertiary/aromatic N) is 3. The molecule has 0 bridgehead atoms. The van der Waals surface area contributed by atoms with Gasteiger partial charge in [0.2, 0.25) is 0 Å². The quantitative estimate of drug-likeness (QED) is 0.329. The van der Waals surface area contributed by atoms with Crippen LogP contribution in [0.5, 0.6) is 0 Å². The summed E-state index contributed by atoms with van der Waals surface area (Å²) in [6.45, 7) is 2.85. The molecule has 4 rings (SSSR count). The third kappa shape index (κ3) is 5.00. The molecule has 7 nitrogen and oxygen atoms in total. The molecule has 4 aromatic rings. The van der Waals surface area contributed by atoms with E-state index in [0.717, 1.165) is 36.0 Å². The van der Waals surface area contributed by atoms with Crippen LogP contribution in [-0.4, -0.2) is 31.7 Å². The summed E-state index contributed by atoms with van der Waals surface area (Å²) in [5.74, 6) is -0.559. The molecule has 2 unspecified atom stereocenters. The highest BCUT2D eigenvalue weighted by Gasteiger charge is 2.16. The van der Waals surface area contributed by atoms with E-state index in [-0.39, 0.29) is 11.7 Å². The largest absolute Gasteiger partial charge is 0.385 e. The van der Waals surface area contributed by atoms with E-state index in [0.29, 0.717) is 6.42 Å². The Morgan fingerprint density at radius 1 is 1.19 bits per heavy atom. The molecule has 2 aromatic heterocycles. The van der Waals surface area contributed by atoms with Crippen molar-refractivity contribution in [2.75, 3.05) is 11.9 Å². The Labute approximate surface area is 187 Å². The highest BCUT2D eigenvalue weighted by Crippen LogP contribution is 2.27. The Kier molecular flexibility index (Phi) is 6.56. The van der Waals surface area contributed by atoms with Gasteiger partial charge in [0, 0.05) is 37.1 Å². The summed E-state index contributed by atoms with van der Waals surface area (Å²) in [4.78, 5) is 15.3. The summed E-state index contributed by atoms with van der Waals surface area (Å²) >= 11 is 0. The van der Waals surface area contributed by atoms with E-state index in [1.165, 1.54) is 5.56 Å². The monoisotopic (exact) mass is 431 g/mol. The van der Waals surface area contributed by atoms with Crippen LogP contribution in [0.4, 0.5) is 5.69 Å². The number of aliphatic hydroxyl groups is 1. The lowest BCUT2D eigenvalue weighted by Crippen LogP contribution is -2.14. The fraction of sp³-hybridized carbons (Fsp3) is 0.280. The number of amides is 1. The molecule has 2 aromatic carbocycles. The van der Waals surface area contributed by atoms with Gasteiger partial charge in [-0.3, -0.25) is 4.79 Å². The number of imidazole rings is 1. The van der Waals surface area contributed by atoms with Crippen molar-refractivity contribution in [3.8, 4) is 0 Å². The summed E-state index contributed by atoms with van der Waals surface area (Å²) in [7, 11) is 0. The molecule has 0 saturated carbocycles. The van der Waals surface area contributed by atoms with Crippen LogP contribution in [0.3, 0.4) is 0 Å². The summed E-state index contributed by atoms with van der Waals surface area (Å²) in [6.07, 6.45) is 6.93. The van der Waals surface area contributed by atoms with Gasteiger partial charge in [-0.2, -0.15) is 0 Å². The SMILES string of the molecule is CC(CC(O)n1ccc2ccc(NCCCc3ccccc3)cc21)n1cnc(C(N)=O)c1. The Morgan fingerprint density at radius 3 is 2.75 bits per heavy atom. The third-order valence-corrected chi connectivity index (χ3v) is 5.77. The van der Waals surface area contributed by atoms with E-state index in [2.05, 4.69) is 52.8 Å². The van der Waals surface area contributed by atoms with Crippen molar-refractivity contribution in [2.24, 2.45) is 5.73 Å². The van der Waals surface area contributed by atoms with Crippen LogP contribution in [-0.2, 0) is 6.42 Å². The second-order valence-corrected chi connectivity index (χ2v) is 8.15. The van der Waals surface area contributed by atoms with E-state index in [4.69, 9.17) is 5.73 Å². The molecule has 0 spiro atoms. The number of carbonyl (C=O) groups excluding carboxylic acids is 1. The van der Waals surface area contributed by atoms with Crippen molar-refractivity contribution < 1.29 is 9.90 Å². The van der Waals surface area contributed by atoms with E-state index >= 15 is 0 Å². The molecule has 0 saturated heterocycles. The van der Waals surface area contributed by atoms with Crippen LogP contribution in [0, 0.1) is 0 Å². The molecule has 0 aliphatic heterocycles. The lowest BCUT2D eigenvalue weighted by atomic mass is 10.1. The fourth-order valence-corrected chi connectivity index (χ4v) is 3.93. The molecule has 2 atom stereocenters. The maximum absolute atomic E-state index is 11.3. The number of aliphatic hydroxyl groups excluding tert-OH is 1. The molecule has 0 fully saturated rings. The first-order valence-electron chi connectivity index (χ1n) is 10.9. The predicted octanol–water partition coefficient (Wildman–Crippen LogP) is 4.12. The van der Waals surface area contributed by atoms with Crippen LogP contribution in [0.1, 0.15) is 48.1 Å². The van der Waals surface area contributed by atoms with Gasteiger partial charge in [-0.25, -0.2) is 4.98 Å². The number of primary amides is 1. The average Bonchev–Trinajstić information content (AvgIpc) is 3.45. The van der Waals surface area contributed by atoms with E-state index in [9.17, 15) is 9.90 Å². The van der Waals surface area contributed by atoms with Crippen molar-refractivity contribution in [1.82, 2.24) is 14.1 Å². The second kappa shape index (κ2) is 9.70. The number of aromatic nitrogens is 3. The zero-order valence-electron chi connectivity index (χ0n) is 18.2. The summed E-state index contributed by atoms with van der Waals surface area (Å²) in [5, 5.41) is 15.5. The number of benzene rings is 2. The first kappa shape index (κ1) is 21.6. The normalized spacial score (nSPS) is 13.2. The van der Waals surface area contributed by atoms with Gasteiger partial charge >= 0.3 is 0 Å². The highest BCUT2D eigenvalue weighted by molar-refractivity contribution is 5.90. The van der Waals surface area contributed by atoms with E-state index in [1.54, 1.807) is 17.1 Å². The number of anilines is 1. The number of hydrogen-bond donors (Lipinski definition) is 3. The van der Waals surface area contributed by atoms with Gasteiger partial charge in [0.1, 0.15) is 11.9 Å². The van der Waals surface area contributed by atoms with Crippen LogP contribution in [0.25, 0.3) is 10.9 Å². The minimum Gasteiger partial charge on any atom is -0.385 e. The number of fused-ring (bicyclic) bond motifs is 1. The van der Waals surface area contributed by atoms with Gasteiger partial charge in [0.15, 0.2) is 0 Å². The zero-order valence-corrected chi connectivity index (χ0v) is 18.2. The Morgan fingerprint density at radius 2 is 2.00 bits per heavy atom. The third-order valence-electron chi connectivity index (χ3n) is 5.77. The summed E-state index contributed by atoms with van der Waals surface area (Å²) in [5.41, 5.74) is 8.86. The highest BCUT2D eigenvalue weighted by atomic mass is 16.3. The summed E-state index contributed by atoms with van der Waals surface area (Å²) < 4.78 is 3.68. The summed E-state index contributed by atoms with van der Waals surface area (Å²) in [6, 6.07) is 18.6. The van der Waals surface area contributed by atoms with Crippen LogP contribution in [0.2, 0.25) is 0 Å². The molecule has 4 N–H and O–H groups in total. The standard InChI is InChI=1S/C25H29N5O2/c1-18(29-16-22(25(26)32)28-17-29)14-24(31)30-13-11-20-9-10-21(15-23(20)30)27-12-5-8-19-6-3-2-4-7-19/h2-4,6-7,9-11,13,15-18,24,27,31H,5,8,12,14H2,1H3,(H2,26,32). The first-order chi connectivity index (χ1) is 15.5. The minimum absolute atomic E-state index is 0.0534. The Balaban J connectivity index is 1.39. The second-order valence-electron chi connectivity index (χ2n) is 8.15. The van der Waals surface area contributed by atoms with Crippen LogP contribution < -0.4 is 11.1 Å². The van der Waals surface area contributed by atoms with Crippen molar-refractivity contribution in [3.63, 3.8) is 0 Å². The topological polar surface area (TPSA) is 98.1 Å². The van der Waals surface area contributed by atoms with Gasteiger partial charge < -0.3 is 25.3 Å².